The molecule has 8 heteroatoms. The maximum Gasteiger partial charge on any atom is 0.243 e. The van der Waals surface area contributed by atoms with Crippen LogP contribution in [0.15, 0.2) is 54.6 Å². The van der Waals surface area contributed by atoms with Crippen molar-refractivity contribution in [1.82, 2.24) is 15.5 Å². The lowest BCUT2D eigenvalue weighted by atomic mass is 9.94. The van der Waals surface area contributed by atoms with Gasteiger partial charge in [-0.15, -0.1) is 0 Å². The largest absolute Gasteiger partial charge is 0.350 e. The van der Waals surface area contributed by atoms with Crippen LogP contribution in [0.3, 0.4) is 0 Å². The van der Waals surface area contributed by atoms with Crippen molar-refractivity contribution in [3.63, 3.8) is 0 Å². The number of nitrogens with two attached hydrogens (primary N) is 1. The third kappa shape index (κ3) is 7.88. The topological polar surface area (TPSA) is 105 Å². The molecule has 4 N–H and O–H groups in total. The maximum atomic E-state index is 14.0. The number of piperidine rings is 1. The highest BCUT2D eigenvalue weighted by molar-refractivity contribution is 5.89. The molecule has 3 amide bonds. The molecule has 0 aromatic heterocycles. The summed E-state index contributed by atoms with van der Waals surface area (Å²) >= 11 is 0. The van der Waals surface area contributed by atoms with Gasteiger partial charge < -0.3 is 21.3 Å². The predicted molar refractivity (Wildman–Crippen MR) is 137 cm³/mol. The van der Waals surface area contributed by atoms with Crippen LogP contribution in [-0.2, 0) is 27.3 Å². The minimum Gasteiger partial charge on any atom is -0.350 e. The Morgan fingerprint density at radius 3 is 2.31 bits per heavy atom. The zero-order valence-electron chi connectivity index (χ0n) is 21.1. The van der Waals surface area contributed by atoms with Crippen molar-refractivity contribution in [2.75, 3.05) is 13.1 Å². The third-order valence-electron chi connectivity index (χ3n) is 6.55. The molecule has 0 spiro atoms. The summed E-state index contributed by atoms with van der Waals surface area (Å²) in [6, 6.07) is 14.4. The Morgan fingerprint density at radius 2 is 1.67 bits per heavy atom. The molecule has 2 aromatic carbocycles. The first-order valence-electron chi connectivity index (χ1n) is 12.6. The maximum absolute atomic E-state index is 14.0. The normalized spacial score (nSPS) is 15.9. The highest BCUT2D eigenvalue weighted by Gasteiger charge is 2.31. The summed E-state index contributed by atoms with van der Waals surface area (Å²) in [5.74, 6) is -1.02. The number of nitrogens with zero attached hydrogens (tertiary/aromatic N) is 1. The van der Waals surface area contributed by atoms with Gasteiger partial charge in [-0.2, -0.15) is 0 Å². The van der Waals surface area contributed by atoms with Gasteiger partial charge in [0.1, 0.15) is 11.9 Å². The van der Waals surface area contributed by atoms with E-state index in [1.54, 1.807) is 23.1 Å². The molecule has 1 aliphatic rings. The monoisotopic (exact) mass is 496 g/mol. The number of hydrogen-bond donors (Lipinski definition) is 3. The van der Waals surface area contributed by atoms with Crippen LogP contribution in [0.25, 0.3) is 0 Å². The molecule has 2 aromatic rings. The van der Waals surface area contributed by atoms with Crippen LogP contribution in [0.1, 0.15) is 44.2 Å². The van der Waals surface area contributed by atoms with E-state index in [-0.39, 0.29) is 30.2 Å². The van der Waals surface area contributed by atoms with E-state index >= 15 is 0 Å². The molecule has 7 nitrogen and oxygen atoms in total. The van der Waals surface area contributed by atoms with Crippen LogP contribution in [0.2, 0.25) is 0 Å². The van der Waals surface area contributed by atoms with Crippen LogP contribution >= 0.6 is 0 Å². The minimum absolute atomic E-state index is 0.0315. The molecular formula is C28H37FN4O3. The lowest BCUT2D eigenvalue weighted by Crippen LogP contribution is -2.52. The number of benzene rings is 2. The number of nitrogens with one attached hydrogen (secondary N) is 2. The number of hydrogen-bond acceptors (Lipinski definition) is 4. The van der Waals surface area contributed by atoms with E-state index in [0.717, 1.165) is 5.56 Å². The Balaban J connectivity index is 1.59. The molecule has 0 radical (unpaired) electrons. The molecule has 1 aliphatic heterocycles. The smallest absolute Gasteiger partial charge is 0.243 e. The van der Waals surface area contributed by atoms with E-state index in [9.17, 15) is 18.8 Å². The lowest BCUT2D eigenvalue weighted by Gasteiger charge is -2.33. The Bertz CT molecular complexity index is 1020. The molecule has 1 fully saturated rings. The summed E-state index contributed by atoms with van der Waals surface area (Å²) < 4.78 is 14.0. The highest BCUT2D eigenvalue weighted by Crippen LogP contribution is 2.19. The van der Waals surface area contributed by atoms with Crippen molar-refractivity contribution in [2.45, 2.75) is 58.2 Å². The van der Waals surface area contributed by atoms with E-state index in [4.69, 9.17) is 5.73 Å². The Kier molecular flexibility index (Phi) is 9.99. The standard InChI is InChI=1S/C28H37FN4O3/c1-19(2)16-24(30)28(36)33-14-12-21(13-15-33)26(34)32-25(17-20-8-4-3-5-9-20)27(35)31-18-22-10-6-7-11-23(22)29/h3-11,19,21,24-25H,12-18,30H2,1-2H3,(H,31,35)(H,32,34). The summed E-state index contributed by atoms with van der Waals surface area (Å²) in [7, 11) is 0. The van der Waals surface area contributed by atoms with Gasteiger partial charge in [0.05, 0.1) is 6.04 Å². The molecule has 3 rings (SSSR count). The van der Waals surface area contributed by atoms with Crippen molar-refractivity contribution >= 4 is 17.7 Å². The molecule has 1 saturated heterocycles. The van der Waals surface area contributed by atoms with Crippen molar-refractivity contribution in [1.29, 1.82) is 0 Å². The average Bonchev–Trinajstić information content (AvgIpc) is 2.87. The van der Waals surface area contributed by atoms with Crippen molar-refractivity contribution < 1.29 is 18.8 Å². The summed E-state index contributed by atoms with van der Waals surface area (Å²) in [4.78, 5) is 40.5. The van der Waals surface area contributed by atoms with Gasteiger partial charge in [0.25, 0.3) is 0 Å². The van der Waals surface area contributed by atoms with E-state index in [0.29, 0.717) is 50.3 Å². The van der Waals surface area contributed by atoms with E-state index in [1.165, 1.54) is 6.07 Å². The fraction of sp³-hybridized carbons (Fsp3) is 0.464. The summed E-state index contributed by atoms with van der Waals surface area (Å²) in [6.45, 7) is 5.02. The van der Waals surface area contributed by atoms with Crippen molar-refractivity contribution in [3.05, 3.63) is 71.5 Å². The first-order chi connectivity index (χ1) is 17.2. The molecular weight excluding hydrogens is 459 g/mol. The average molecular weight is 497 g/mol. The Labute approximate surface area is 212 Å². The molecule has 194 valence electrons. The summed E-state index contributed by atoms with van der Waals surface area (Å²) in [6.07, 6.45) is 1.97. The van der Waals surface area contributed by atoms with E-state index in [1.807, 2.05) is 44.2 Å². The van der Waals surface area contributed by atoms with Crippen LogP contribution in [0.5, 0.6) is 0 Å². The predicted octanol–water partition coefficient (Wildman–Crippen LogP) is 2.78. The number of halogens is 1. The van der Waals surface area contributed by atoms with Crippen molar-refractivity contribution in [2.24, 2.45) is 17.6 Å². The highest BCUT2D eigenvalue weighted by atomic mass is 19.1. The van der Waals surface area contributed by atoms with Gasteiger partial charge in [-0.05, 0) is 36.8 Å². The lowest BCUT2D eigenvalue weighted by molar-refractivity contribution is -0.137. The van der Waals surface area contributed by atoms with Gasteiger partial charge in [-0.3, -0.25) is 14.4 Å². The zero-order valence-corrected chi connectivity index (χ0v) is 21.1. The number of carbonyl (C=O) groups is 3. The number of likely N-dealkylation sites (tertiary alicyclic amines) is 1. The zero-order chi connectivity index (χ0) is 26.1. The van der Waals surface area contributed by atoms with Crippen LogP contribution < -0.4 is 16.4 Å². The van der Waals surface area contributed by atoms with Gasteiger partial charge in [0, 0.05) is 37.5 Å². The van der Waals surface area contributed by atoms with Crippen LogP contribution in [0.4, 0.5) is 4.39 Å². The quantitative estimate of drug-likeness (QED) is 0.470. The van der Waals surface area contributed by atoms with Crippen LogP contribution in [0, 0.1) is 17.7 Å². The SMILES string of the molecule is CC(C)CC(N)C(=O)N1CCC(C(=O)NC(Cc2ccccc2)C(=O)NCc2ccccc2F)CC1. The van der Waals surface area contributed by atoms with Gasteiger partial charge in [0.2, 0.25) is 17.7 Å². The van der Waals surface area contributed by atoms with Crippen LogP contribution in [-0.4, -0.2) is 47.8 Å². The van der Waals surface area contributed by atoms with Gasteiger partial charge in [-0.25, -0.2) is 4.39 Å². The second kappa shape index (κ2) is 13.2. The molecule has 0 saturated carbocycles. The minimum atomic E-state index is -0.800. The Hall–Kier alpha value is -3.26. The molecule has 0 aliphatic carbocycles. The summed E-state index contributed by atoms with van der Waals surface area (Å²) in [5, 5.41) is 5.66. The van der Waals surface area contributed by atoms with Gasteiger partial charge in [0.15, 0.2) is 0 Å². The van der Waals surface area contributed by atoms with Crippen molar-refractivity contribution in [3.8, 4) is 0 Å². The third-order valence-corrected chi connectivity index (χ3v) is 6.55. The van der Waals surface area contributed by atoms with E-state index in [2.05, 4.69) is 10.6 Å². The first-order valence-corrected chi connectivity index (χ1v) is 12.6. The molecule has 2 unspecified atom stereocenters. The molecule has 2 atom stereocenters. The van der Waals surface area contributed by atoms with Gasteiger partial charge >= 0.3 is 0 Å². The fourth-order valence-electron chi connectivity index (χ4n) is 4.50. The number of rotatable bonds is 10. The molecule has 0 bridgehead atoms. The van der Waals surface area contributed by atoms with Gasteiger partial charge in [-0.1, -0.05) is 62.4 Å². The molecule has 36 heavy (non-hydrogen) atoms. The second-order valence-corrected chi connectivity index (χ2v) is 9.90. The summed E-state index contributed by atoms with van der Waals surface area (Å²) in [5.41, 5.74) is 7.34. The first kappa shape index (κ1) is 27.3. The second-order valence-electron chi connectivity index (χ2n) is 9.90. The molecule has 1 heterocycles. The number of carbonyl (C=O) groups excluding carboxylic acids is 3. The Morgan fingerprint density at radius 1 is 1.03 bits per heavy atom. The van der Waals surface area contributed by atoms with E-state index < -0.39 is 17.9 Å². The number of amides is 3. The fourth-order valence-corrected chi connectivity index (χ4v) is 4.50.